The van der Waals surface area contributed by atoms with Crippen molar-refractivity contribution in [3.05, 3.63) is 70.2 Å². The molecule has 0 aliphatic rings. The molecule has 0 radical (unpaired) electrons. The van der Waals surface area contributed by atoms with Gasteiger partial charge in [0, 0.05) is 17.0 Å². The fourth-order valence-corrected chi connectivity index (χ4v) is 1.92. The van der Waals surface area contributed by atoms with Gasteiger partial charge in [-0.25, -0.2) is 4.79 Å². The molecule has 0 aromatic heterocycles. The fraction of sp³-hybridized carbons (Fsp3) is 0.0667. The van der Waals surface area contributed by atoms with Crippen molar-refractivity contribution in [2.45, 2.75) is 6.42 Å². The minimum absolute atomic E-state index is 0.0596. The van der Waals surface area contributed by atoms with Gasteiger partial charge < -0.3 is 5.11 Å². The summed E-state index contributed by atoms with van der Waals surface area (Å²) in [5, 5.41) is 9.61. The van der Waals surface area contributed by atoms with Gasteiger partial charge in [0.05, 0.1) is 5.56 Å². The Bertz CT molecular complexity index is 618. The van der Waals surface area contributed by atoms with Gasteiger partial charge in [0.25, 0.3) is 0 Å². The number of carbonyl (C=O) groups excluding carboxylic acids is 1. The summed E-state index contributed by atoms with van der Waals surface area (Å²) in [5.74, 6) is -1.16. The first-order valence-electron chi connectivity index (χ1n) is 5.68. The summed E-state index contributed by atoms with van der Waals surface area (Å²) in [6.45, 7) is 0. The smallest absolute Gasteiger partial charge is 0.335 e. The predicted molar refractivity (Wildman–Crippen MR) is 72.9 cm³/mol. The molecule has 0 unspecified atom stereocenters. The topological polar surface area (TPSA) is 54.4 Å². The molecule has 0 heterocycles. The lowest BCUT2D eigenvalue weighted by Gasteiger charge is -2.05. The largest absolute Gasteiger partial charge is 0.478 e. The molecule has 0 spiro atoms. The van der Waals surface area contributed by atoms with Gasteiger partial charge in [0.1, 0.15) is 0 Å². The van der Waals surface area contributed by atoms with Gasteiger partial charge in [0.15, 0.2) is 5.78 Å². The fourth-order valence-electron chi connectivity index (χ4n) is 1.79. The number of carbonyl (C=O) groups is 2. The van der Waals surface area contributed by atoms with Gasteiger partial charge in [-0.15, -0.1) is 0 Å². The van der Waals surface area contributed by atoms with Crippen molar-refractivity contribution in [1.82, 2.24) is 0 Å². The normalized spacial score (nSPS) is 10.2. The van der Waals surface area contributed by atoms with Crippen LogP contribution in [0.4, 0.5) is 0 Å². The average molecular weight is 275 g/mol. The van der Waals surface area contributed by atoms with E-state index in [1.807, 2.05) is 0 Å². The first-order valence-corrected chi connectivity index (χ1v) is 6.05. The summed E-state index contributed by atoms with van der Waals surface area (Å²) in [6.07, 6.45) is 0.0596. The maximum absolute atomic E-state index is 12.1. The van der Waals surface area contributed by atoms with Crippen LogP contribution in [-0.4, -0.2) is 16.9 Å². The zero-order chi connectivity index (χ0) is 13.8. The van der Waals surface area contributed by atoms with Gasteiger partial charge in [-0.2, -0.15) is 0 Å². The number of Topliss-reactive ketones (excluding diaryl/α,β-unsaturated/α-hetero) is 1. The van der Waals surface area contributed by atoms with E-state index in [1.165, 1.54) is 6.07 Å². The van der Waals surface area contributed by atoms with Crippen LogP contribution < -0.4 is 0 Å². The molecule has 1 N–H and O–H groups in total. The molecule has 0 amide bonds. The van der Waals surface area contributed by atoms with E-state index >= 15 is 0 Å². The van der Waals surface area contributed by atoms with Gasteiger partial charge in [0.2, 0.25) is 0 Å². The molecule has 0 saturated heterocycles. The van der Waals surface area contributed by atoms with Gasteiger partial charge in [-0.05, 0) is 35.9 Å². The predicted octanol–water partition coefficient (Wildman–Crippen LogP) is 3.46. The van der Waals surface area contributed by atoms with Crippen LogP contribution in [0.25, 0.3) is 0 Å². The van der Waals surface area contributed by atoms with Crippen LogP contribution in [0, 0.1) is 0 Å². The summed E-state index contributed by atoms with van der Waals surface area (Å²) in [5.41, 5.74) is 1.18. The molecule has 96 valence electrons. The molecule has 2 aromatic rings. The molecule has 3 nitrogen and oxygen atoms in total. The second kappa shape index (κ2) is 5.67. The number of hydrogen-bond donors (Lipinski definition) is 1. The van der Waals surface area contributed by atoms with E-state index < -0.39 is 5.97 Å². The standard InChI is InChI=1S/C15H11ClO3/c16-12-7-5-10(6-8-12)14(17)9-11-3-1-2-4-13(11)15(18)19/h1-8H,9H2,(H,18,19). The first kappa shape index (κ1) is 13.3. The van der Waals surface area contributed by atoms with E-state index in [-0.39, 0.29) is 17.8 Å². The minimum atomic E-state index is -1.03. The highest BCUT2D eigenvalue weighted by Gasteiger charge is 2.13. The van der Waals surface area contributed by atoms with E-state index in [0.29, 0.717) is 16.1 Å². The molecule has 2 rings (SSSR count). The first-order chi connectivity index (χ1) is 9.08. The Labute approximate surface area is 115 Å². The number of rotatable bonds is 4. The Kier molecular flexibility index (Phi) is 3.97. The molecule has 0 atom stereocenters. The number of halogens is 1. The maximum Gasteiger partial charge on any atom is 0.335 e. The highest BCUT2D eigenvalue weighted by molar-refractivity contribution is 6.30. The van der Waals surface area contributed by atoms with E-state index in [0.717, 1.165) is 0 Å². The number of carboxylic acids is 1. The lowest BCUT2D eigenvalue weighted by atomic mass is 9.99. The minimum Gasteiger partial charge on any atom is -0.478 e. The van der Waals surface area contributed by atoms with Crippen molar-refractivity contribution < 1.29 is 14.7 Å². The van der Waals surface area contributed by atoms with Gasteiger partial charge >= 0.3 is 5.97 Å². The van der Waals surface area contributed by atoms with Crippen LogP contribution in [0.5, 0.6) is 0 Å². The Morgan fingerprint density at radius 3 is 2.26 bits per heavy atom. The lowest BCUT2D eigenvalue weighted by Crippen LogP contribution is -2.08. The Hall–Kier alpha value is -2.13. The van der Waals surface area contributed by atoms with Crippen LogP contribution in [0.2, 0.25) is 5.02 Å². The molecule has 0 aliphatic heterocycles. The third-order valence-corrected chi connectivity index (χ3v) is 3.02. The SMILES string of the molecule is O=C(Cc1ccccc1C(=O)O)c1ccc(Cl)cc1. The maximum atomic E-state index is 12.1. The molecule has 0 saturated carbocycles. The van der Waals surface area contributed by atoms with Crippen LogP contribution in [0.3, 0.4) is 0 Å². The summed E-state index contributed by atoms with van der Waals surface area (Å²) < 4.78 is 0. The van der Waals surface area contributed by atoms with Gasteiger partial charge in [-0.1, -0.05) is 29.8 Å². The van der Waals surface area contributed by atoms with Crippen LogP contribution >= 0.6 is 11.6 Å². The van der Waals surface area contributed by atoms with Crippen molar-refractivity contribution in [2.24, 2.45) is 0 Å². The van der Waals surface area contributed by atoms with Crippen LogP contribution in [0.1, 0.15) is 26.3 Å². The summed E-state index contributed by atoms with van der Waals surface area (Å²) in [6, 6.07) is 13.0. The summed E-state index contributed by atoms with van der Waals surface area (Å²) >= 11 is 5.75. The van der Waals surface area contributed by atoms with Crippen molar-refractivity contribution in [1.29, 1.82) is 0 Å². The van der Waals surface area contributed by atoms with Crippen LogP contribution in [-0.2, 0) is 6.42 Å². The summed E-state index contributed by atoms with van der Waals surface area (Å²) in [4.78, 5) is 23.1. The number of carboxylic acid groups (broad SMARTS) is 1. The Balaban J connectivity index is 2.24. The molecule has 2 aromatic carbocycles. The zero-order valence-electron chi connectivity index (χ0n) is 9.97. The quantitative estimate of drug-likeness (QED) is 0.869. The Morgan fingerprint density at radius 1 is 1.00 bits per heavy atom. The highest BCUT2D eigenvalue weighted by atomic mass is 35.5. The van der Waals surface area contributed by atoms with Crippen molar-refractivity contribution >= 4 is 23.4 Å². The van der Waals surface area contributed by atoms with E-state index in [1.54, 1.807) is 42.5 Å². The average Bonchev–Trinajstić information content (AvgIpc) is 2.39. The third kappa shape index (κ3) is 3.20. The van der Waals surface area contributed by atoms with Crippen molar-refractivity contribution in [3.8, 4) is 0 Å². The number of aromatic carboxylic acids is 1. The summed E-state index contributed by atoms with van der Waals surface area (Å²) in [7, 11) is 0. The number of benzene rings is 2. The molecule has 4 heteroatoms. The molecule has 0 aliphatic carbocycles. The van der Waals surface area contributed by atoms with E-state index in [9.17, 15) is 9.59 Å². The third-order valence-electron chi connectivity index (χ3n) is 2.76. The van der Waals surface area contributed by atoms with Gasteiger partial charge in [-0.3, -0.25) is 4.79 Å². The van der Waals surface area contributed by atoms with Crippen molar-refractivity contribution in [3.63, 3.8) is 0 Å². The second-order valence-electron chi connectivity index (χ2n) is 4.07. The molecule has 0 bridgehead atoms. The second-order valence-corrected chi connectivity index (χ2v) is 4.51. The monoisotopic (exact) mass is 274 g/mol. The van der Waals surface area contributed by atoms with E-state index in [4.69, 9.17) is 16.7 Å². The zero-order valence-corrected chi connectivity index (χ0v) is 10.7. The molecular formula is C15H11ClO3. The Morgan fingerprint density at radius 2 is 1.63 bits per heavy atom. The number of ketones is 1. The molecule has 0 fully saturated rings. The molecular weight excluding hydrogens is 264 g/mol. The number of hydrogen-bond acceptors (Lipinski definition) is 2. The lowest BCUT2D eigenvalue weighted by molar-refractivity contribution is 0.0696. The highest BCUT2D eigenvalue weighted by Crippen LogP contribution is 2.15. The molecule has 19 heavy (non-hydrogen) atoms. The van der Waals surface area contributed by atoms with Crippen molar-refractivity contribution in [2.75, 3.05) is 0 Å². The van der Waals surface area contributed by atoms with Crippen LogP contribution in [0.15, 0.2) is 48.5 Å². The van der Waals surface area contributed by atoms with E-state index in [2.05, 4.69) is 0 Å².